The van der Waals surface area contributed by atoms with Crippen molar-refractivity contribution in [2.75, 3.05) is 31.6 Å². The summed E-state index contributed by atoms with van der Waals surface area (Å²) < 4.78 is 17.3. The number of oxazole rings is 1. The summed E-state index contributed by atoms with van der Waals surface area (Å²) >= 11 is 6.48. The summed E-state index contributed by atoms with van der Waals surface area (Å²) in [7, 11) is 1.56. The summed E-state index contributed by atoms with van der Waals surface area (Å²) in [5.74, 6) is 0.489. The maximum absolute atomic E-state index is 12.5. The van der Waals surface area contributed by atoms with E-state index in [1.807, 2.05) is 50.8 Å². The second kappa shape index (κ2) is 8.50. The van der Waals surface area contributed by atoms with Crippen LogP contribution in [0.1, 0.15) is 27.7 Å². The average Bonchev–Trinajstić information content (AvgIpc) is 3.15. The molecule has 0 radical (unpaired) electrons. The Morgan fingerprint density at radius 3 is 2.69 bits per heavy atom. The number of benzene rings is 1. The fourth-order valence-electron chi connectivity index (χ4n) is 3.81. The first-order valence-electron chi connectivity index (χ1n) is 10.5. The molecule has 0 aliphatic carbocycles. The van der Waals surface area contributed by atoms with E-state index in [1.165, 1.54) is 0 Å². The number of fused-ring (bicyclic) bond motifs is 1. The minimum Gasteiger partial charge on any atom is -0.494 e. The normalized spacial score (nSPS) is 17.0. The highest BCUT2D eigenvalue weighted by molar-refractivity contribution is 6.33. The second-order valence-corrected chi connectivity index (χ2v) is 9.20. The zero-order valence-corrected chi connectivity index (χ0v) is 19.6. The van der Waals surface area contributed by atoms with Gasteiger partial charge in [0.15, 0.2) is 11.3 Å². The van der Waals surface area contributed by atoms with Gasteiger partial charge in [0.25, 0.3) is 6.01 Å². The Bertz CT molecular complexity index is 1130. The molecule has 2 aromatic heterocycles. The number of rotatable bonds is 3. The van der Waals surface area contributed by atoms with Gasteiger partial charge < -0.3 is 23.7 Å². The number of hydrogen-bond acceptors (Lipinski definition) is 7. The van der Waals surface area contributed by atoms with E-state index in [-0.39, 0.29) is 12.1 Å². The summed E-state index contributed by atoms with van der Waals surface area (Å²) in [5.41, 5.74) is 1.99. The highest BCUT2D eigenvalue weighted by atomic mass is 35.5. The number of piperazine rings is 1. The predicted octanol–water partition coefficient (Wildman–Crippen LogP) is 5.00. The van der Waals surface area contributed by atoms with Crippen molar-refractivity contribution in [1.29, 1.82) is 0 Å². The van der Waals surface area contributed by atoms with Crippen molar-refractivity contribution in [3.63, 3.8) is 0 Å². The number of carbonyl (C=O) groups is 1. The summed E-state index contributed by atoms with van der Waals surface area (Å²) in [6.07, 6.45) is 1.40. The molecule has 1 atom stereocenters. The number of methoxy groups -OCH3 is 1. The number of amides is 1. The molecular weight excluding hydrogens is 432 g/mol. The molecule has 1 amide bonds. The zero-order chi connectivity index (χ0) is 23.0. The van der Waals surface area contributed by atoms with Crippen LogP contribution in [0.5, 0.6) is 5.75 Å². The Morgan fingerprint density at radius 1 is 1.28 bits per heavy atom. The van der Waals surface area contributed by atoms with E-state index in [4.69, 9.17) is 30.5 Å². The van der Waals surface area contributed by atoms with Gasteiger partial charge in [-0.1, -0.05) is 17.7 Å². The van der Waals surface area contributed by atoms with Gasteiger partial charge in [-0.25, -0.2) is 4.79 Å². The maximum atomic E-state index is 12.5. The highest BCUT2D eigenvalue weighted by Gasteiger charge is 2.32. The molecule has 0 spiro atoms. The van der Waals surface area contributed by atoms with Crippen molar-refractivity contribution in [2.24, 2.45) is 0 Å². The Morgan fingerprint density at radius 2 is 2.06 bits per heavy atom. The number of halogens is 1. The van der Waals surface area contributed by atoms with E-state index in [0.717, 1.165) is 0 Å². The molecule has 0 unspecified atom stereocenters. The highest BCUT2D eigenvalue weighted by Crippen LogP contribution is 2.43. The minimum atomic E-state index is -0.530. The van der Waals surface area contributed by atoms with Crippen molar-refractivity contribution in [3.05, 3.63) is 35.5 Å². The van der Waals surface area contributed by atoms with Gasteiger partial charge in [0.05, 0.1) is 23.4 Å². The van der Waals surface area contributed by atoms with E-state index in [2.05, 4.69) is 4.98 Å². The van der Waals surface area contributed by atoms with Crippen LogP contribution in [-0.2, 0) is 4.74 Å². The molecule has 1 fully saturated rings. The van der Waals surface area contributed by atoms with Gasteiger partial charge >= 0.3 is 6.09 Å². The Kier molecular flexibility index (Phi) is 5.90. The summed E-state index contributed by atoms with van der Waals surface area (Å²) in [5, 5.41) is 0.434. The van der Waals surface area contributed by atoms with Gasteiger partial charge in [0, 0.05) is 31.9 Å². The van der Waals surface area contributed by atoms with E-state index < -0.39 is 5.60 Å². The molecule has 3 aromatic rings. The summed E-state index contributed by atoms with van der Waals surface area (Å²) in [4.78, 5) is 25.4. The van der Waals surface area contributed by atoms with Crippen molar-refractivity contribution < 1.29 is 18.7 Å². The second-order valence-electron chi connectivity index (χ2n) is 8.80. The molecule has 1 aromatic carbocycles. The zero-order valence-electron chi connectivity index (χ0n) is 18.9. The van der Waals surface area contributed by atoms with E-state index >= 15 is 0 Å². The number of aromatic nitrogens is 2. The van der Waals surface area contributed by atoms with Crippen molar-refractivity contribution in [2.45, 2.75) is 39.3 Å². The first kappa shape index (κ1) is 22.2. The van der Waals surface area contributed by atoms with Crippen LogP contribution < -0.4 is 9.64 Å². The number of ether oxygens (including phenoxy) is 2. The molecule has 0 bridgehead atoms. The largest absolute Gasteiger partial charge is 0.494 e. The van der Waals surface area contributed by atoms with Gasteiger partial charge in [-0.05, 0) is 45.9 Å². The molecular formula is C23H27ClN4O4. The predicted molar refractivity (Wildman–Crippen MR) is 123 cm³/mol. The van der Waals surface area contributed by atoms with Gasteiger partial charge in [-0.3, -0.25) is 4.98 Å². The van der Waals surface area contributed by atoms with Gasteiger partial charge in [-0.2, -0.15) is 4.98 Å². The number of nitrogens with zero attached hydrogens (tertiary/aromatic N) is 4. The lowest BCUT2D eigenvalue weighted by molar-refractivity contribution is 0.0216. The quantitative estimate of drug-likeness (QED) is 0.546. The van der Waals surface area contributed by atoms with Crippen LogP contribution in [0.15, 0.2) is 34.9 Å². The molecule has 1 aliphatic heterocycles. The molecule has 4 rings (SSSR count). The lowest BCUT2D eigenvalue weighted by Gasteiger charge is -2.39. The van der Waals surface area contributed by atoms with Gasteiger partial charge in [0.1, 0.15) is 11.1 Å². The number of hydrogen-bond donors (Lipinski definition) is 0. The van der Waals surface area contributed by atoms with Crippen LogP contribution in [-0.4, -0.2) is 59.3 Å². The first-order chi connectivity index (χ1) is 15.2. The molecule has 170 valence electrons. The van der Waals surface area contributed by atoms with E-state index in [1.54, 1.807) is 24.3 Å². The minimum absolute atomic E-state index is 0.0139. The molecule has 1 saturated heterocycles. The number of carbonyl (C=O) groups excluding carboxylic acids is 1. The average molecular weight is 459 g/mol. The topological polar surface area (TPSA) is 80.9 Å². The fraction of sp³-hybridized carbons (Fsp3) is 0.435. The van der Waals surface area contributed by atoms with Crippen molar-refractivity contribution in [1.82, 2.24) is 14.9 Å². The summed E-state index contributed by atoms with van der Waals surface area (Å²) in [6, 6.07) is 7.80. The van der Waals surface area contributed by atoms with Crippen molar-refractivity contribution >= 4 is 34.8 Å². The first-order valence-corrected chi connectivity index (χ1v) is 10.9. The fourth-order valence-corrected chi connectivity index (χ4v) is 4.08. The smallest absolute Gasteiger partial charge is 0.410 e. The molecule has 8 nitrogen and oxygen atoms in total. The number of pyridine rings is 1. The van der Waals surface area contributed by atoms with Crippen LogP contribution in [0.3, 0.4) is 0 Å². The lowest BCUT2D eigenvalue weighted by Crippen LogP contribution is -2.54. The van der Waals surface area contributed by atoms with Crippen LogP contribution >= 0.6 is 11.6 Å². The Hall–Kier alpha value is -3.00. The maximum Gasteiger partial charge on any atom is 0.410 e. The molecule has 9 heteroatoms. The molecule has 3 heterocycles. The van der Waals surface area contributed by atoms with E-state index in [0.29, 0.717) is 58.8 Å². The Labute approximate surface area is 192 Å². The van der Waals surface area contributed by atoms with Crippen LogP contribution in [0.2, 0.25) is 5.02 Å². The monoisotopic (exact) mass is 458 g/mol. The molecule has 0 saturated carbocycles. The summed E-state index contributed by atoms with van der Waals surface area (Å²) in [6.45, 7) is 9.19. The van der Waals surface area contributed by atoms with Crippen LogP contribution in [0.4, 0.5) is 10.8 Å². The third kappa shape index (κ3) is 4.32. The SMILES string of the molecule is COc1c(Cl)cc2nc(N3CCN(C(=O)OC(C)(C)C)C[C@@H]3C)oc2c1-c1ccccn1. The van der Waals surface area contributed by atoms with E-state index in [9.17, 15) is 4.79 Å². The standard InChI is InChI=1S/C23H27ClN4O4/c1-14-13-27(22(29)32-23(2,3)4)10-11-28(14)21-26-17-12-15(24)19(30-5)18(20(17)31-21)16-8-6-7-9-25-16/h6-9,12,14H,10-11,13H2,1-5H3/t14-/m0/s1. The van der Waals surface area contributed by atoms with Crippen LogP contribution in [0, 0.1) is 0 Å². The lowest BCUT2D eigenvalue weighted by atomic mass is 10.1. The third-order valence-electron chi connectivity index (χ3n) is 5.23. The number of anilines is 1. The van der Waals surface area contributed by atoms with Gasteiger partial charge in [0.2, 0.25) is 0 Å². The third-order valence-corrected chi connectivity index (χ3v) is 5.51. The molecule has 32 heavy (non-hydrogen) atoms. The molecule has 0 N–H and O–H groups in total. The van der Waals surface area contributed by atoms with Crippen molar-refractivity contribution in [3.8, 4) is 17.0 Å². The molecule has 1 aliphatic rings. The Balaban J connectivity index is 1.66. The van der Waals surface area contributed by atoms with Gasteiger partial charge in [-0.15, -0.1) is 0 Å². The van der Waals surface area contributed by atoms with Crippen LogP contribution in [0.25, 0.3) is 22.4 Å².